The molecule has 0 spiro atoms. The quantitative estimate of drug-likeness (QED) is 0.711. The molecule has 0 fully saturated rings. The van der Waals surface area contributed by atoms with Gasteiger partial charge in [0.15, 0.2) is 0 Å². The molecule has 138 valence electrons. The van der Waals surface area contributed by atoms with Gasteiger partial charge in [0.2, 0.25) is 5.95 Å². The number of amides is 1. The highest BCUT2D eigenvalue weighted by Crippen LogP contribution is 2.22. The van der Waals surface area contributed by atoms with Crippen molar-refractivity contribution in [1.29, 1.82) is 0 Å². The van der Waals surface area contributed by atoms with Gasteiger partial charge < -0.3 is 10.6 Å². The van der Waals surface area contributed by atoms with Crippen LogP contribution in [0.25, 0.3) is 0 Å². The second-order valence-corrected chi connectivity index (χ2v) is 6.42. The molecule has 27 heavy (non-hydrogen) atoms. The summed E-state index contributed by atoms with van der Waals surface area (Å²) in [7, 11) is 0. The van der Waals surface area contributed by atoms with Crippen LogP contribution in [0.1, 0.15) is 32.9 Å². The summed E-state index contributed by atoms with van der Waals surface area (Å²) in [5.74, 6) is -0.243. The van der Waals surface area contributed by atoms with Gasteiger partial charge in [-0.15, -0.1) is 0 Å². The summed E-state index contributed by atoms with van der Waals surface area (Å²) in [5.41, 5.74) is 4.85. The van der Waals surface area contributed by atoms with E-state index in [1.54, 1.807) is 18.2 Å². The van der Waals surface area contributed by atoms with E-state index in [0.717, 1.165) is 22.4 Å². The fourth-order valence-electron chi connectivity index (χ4n) is 2.74. The first-order chi connectivity index (χ1) is 12.9. The molecule has 0 aliphatic carbocycles. The molecule has 0 unspecified atom stereocenters. The van der Waals surface area contributed by atoms with Gasteiger partial charge in [0.05, 0.1) is 0 Å². The molecule has 0 atom stereocenters. The van der Waals surface area contributed by atoms with Crippen molar-refractivity contribution in [2.75, 3.05) is 5.32 Å². The largest absolute Gasteiger partial charge is 0.347 e. The van der Waals surface area contributed by atoms with Crippen molar-refractivity contribution in [1.82, 2.24) is 15.3 Å². The smallest absolute Gasteiger partial charge is 0.270 e. The Bertz CT molecular complexity index is 950. The first-order valence-corrected chi connectivity index (χ1v) is 8.64. The van der Waals surface area contributed by atoms with E-state index in [2.05, 4.69) is 20.6 Å². The molecule has 5 nitrogen and oxygen atoms in total. The van der Waals surface area contributed by atoms with Crippen molar-refractivity contribution >= 4 is 17.5 Å². The summed E-state index contributed by atoms with van der Waals surface area (Å²) in [4.78, 5) is 21.2. The molecule has 0 aliphatic heterocycles. The number of benzene rings is 2. The van der Waals surface area contributed by atoms with Crippen LogP contribution in [-0.2, 0) is 6.54 Å². The van der Waals surface area contributed by atoms with Crippen LogP contribution in [0.15, 0.2) is 48.5 Å². The molecule has 6 heteroatoms. The third-order valence-corrected chi connectivity index (χ3v) is 4.17. The summed E-state index contributed by atoms with van der Waals surface area (Å²) in [6.07, 6.45) is 0. The van der Waals surface area contributed by atoms with Crippen LogP contribution < -0.4 is 10.6 Å². The number of carbonyl (C=O) groups is 1. The molecule has 2 N–H and O–H groups in total. The SMILES string of the molecule is Cc1cc(C(=O)NCc2ccc(F)cc2)nc(Nc2c(C)cccc2C)n1. The lowest BCUT2D eigenvalue weighted by Crippen LogP contribution is -2.24. The van der Waals surface area contributed by atoms with Gasteiger partial charge in [0.25, 0.3) is 5.91 Å². The highest BCUT2D eigenvalue weighted by atomic mass is 19.1. The molecule has 1 heterocycles. The minimum absolute atomic E-state index is 0.276. The first-order valence-electron chi connectivity index (χ1n) is 8.64. The predicted octanol–water partition coefficient (Wildman–Crippen LogP) is 4.21. The summed E-state index contributed by atoms with van der Waals surface area (Å²) >= 11 is 0. The van der Waals surface area contributed by atoms with Gasteiger partial charge in [-0.2, -0.15) is 0 Å². The molecule has 0 bridgehead atoms. The zero-order valence-corrected chi connectivity index (χ0v) is 15.5. The van der Waals surface area contributed by atoms with E-state index in [-0.39, 0.29) is 17.4 Å². The Morgan fingerprint density at radius 3 is 2.33 bits per heavy atom. The molecule has 0 saturated carbocycles. The van der Waals surface area contributed by atoms with E-state index in [1.165, 1.54) is 12.1 Å². The minimum atomic E-state index is -0.311. The number of nitrogens with one attached hydrogen (secondary N) is 2. The van der Waals surface area contributed by atoms with E-state index < -0.39 is 0 Å². The molecule has 2 aromatic carbocycles. The lowest BCUT2D eigenvalue weighted by atomic mass is 10.1. The number of aryl methyl sites for hydroxylation is 3. The van der Waals surface area contributed by atoms with E-state index in [4.69, 9.17) is 0 Å². The molecular weight excluding hydrogens is 343 g/mol. The van der Waals surface area contributed by atoms with Gasteiger partial charge >= 0.3 is 0 Å². The van der Waals surface area contributed by atoms with Crippen LogP contribution in [0.2, 0.25) is 0 Å². The zero-order chi connectivity index (χ0) is 19.4. The summed E-state index contributed by atoms with van der Waals surface area (Å²) in [6, 6.07) is 13.6. The molecule has 3 aromatic rings. The van der Waals surface area contributed by atoms with E-state index in [9.17, 15) is 9.18 Å². The molecule has 1 amide bonds. The molecule has 0 saturated heterocycles. The zero-order valence-electron chi connectivity index (χ0n) is 15.5. The highest BCUT2D eigenvalue weighted by Gasteiger charge is 2.12. The third kappa shape index (κ3) is 4.67. The van der Waals surface area contributed by atoms with Gasteiger partial charge in [-0.05, 0) is 55.7 Å². The number of hydrogen-bond acceptors (Lipinski definition) is 4. The van der Waals surface area contributed by atoms with Crippen molar-refractivity contribution in [3.8, 4) is 0 Å². The van der Waals surface area contributed by atoms with Gasteiger partial charge in [0, 0.05) is 17.9 Å². The maximum Gasteiger partial charge on any atom is 0.270 e. The Labute approximate surface area is 157 Å². The van der Waals surface area contributed by atoms with E-state index in [0.29, 0.717) is 18.2 Å². The minimum Gasteiger partial charge on any atom is -0.347 e. The van der Waals surface area contributed by atoms with Gasteiger partial charge in [-0.1, -0.05) is 30.3 Å². The van der Waals surface area contributed by atoms with Crippen LogP contribution >= 0.6 is 0 Å². The topological polar surface area (TPSA) is 66.9 Å². The van der Waals surface area contributed by atoms with Crippen LogP contribution in [0.5, 0.6) is 0 Å². The predicted molar refractivity (Wildman–Crippen MR) is 104 cm³/mol. The van der Waals surface area contributed by atoms with Crippen molar-refractivity contribution in [3.63, 3.8) is 0 Å². The number of carbonyl (C=O) groups excluding carboxylic acids is 1. The Morgan fingerprint density at radius 1 is 1.00 bits per heavy atom. The lowest BCUT2D eigenvalue weighted by Gasteiger charge is -2.13. The maximum absolute atomic E-state index is 13.0. The first kappa shape index (κ1) is 18.5. The second-order valence-electron chi connectivity index (χ2n) is 6.42. The number of para-hydroxylation sites is 1. The molecular formula is C21H21FN4O. The Hall–Kier alpha value is -3.28. The normalized spacial score (nSPS) is 10.5. The van der Waals surface area contributed by atoms with Crippen molar-refractivity contribution < 1.29 is 9.18 Å². The van der Waals surface area contributed by atoms with Crippen molar-refractivity contribution in [2.45, 2.75) is 27.3 Å². The van der Waals surface area contributed by atoms with Crippen LogP contribution in [0, 0.1) is 26.6 Å². The fourth-order valence-corrected chi connectivity index (χ4v) is 2.74. The number of rotatable bonds is 5. The number of aromatic nitrogens is 2. The number of nitrogens with zero attached hydrogens (tertiary/aromatic N) is 2. The average molecular weight is 364 g/mol. The maximum atomic E-state index is 13.0. The monoisotopic (exact) mass is 364 g/mol. The Morgan fingerprint density at radius 2 is 1.67 bits per heavy atom. The van der Waals surface area contributed by atoms with Gasteiger partial charge in [-0.25, -0.2) is 14.4 Å². The van der Waals surface area contributed by atoms with Crippen molar-refractivity contribution in [2.24, 2.45) is 0 Å². The average Bonchev–Trinajstić information content (AvgIpc) is 2.64. The van der Waals surface area contributed by atoms with E-state index in [1.807, 2.05) is 39.0 Å². The lowest BCUT2D eigenvalue weighted by molar-refractivity contribution is 0.0945. The van der Waals surface area contributed by atoms with Crippen molar-refractivity contribution in [3.05, 3.63) is 82.4 Å². The number of halogens is 1. The standard InChI is InChI=1S/C21H21FN4O/c1-13-5-4-6-14(2)19(13)26-21-24-15(3)11-18(25-21)20(27)23-12-16-7-9-17(22)10-8-16/h4-11H,12H2,1-3H3,(H,23,27)(H,24,25,26). The van der Waals surface area contributed by atoms with Gasteiger partial charge in [0.1, 0.15) is 11.5 Å². The van der Waals surface area contributed by atoms with Crippen LogP contribution in [0.4, 0.5) is 16.0 Å². The third-order valence-electron chi connectivity index (χ3n) is 4.17. The fraction of sp³-hybridized carbons (Fsp3) is 0.190. The van der Waals surface area contributed by atoms with Crippen LogP contribution in [-0.4, -0.2) is 15.9 Å². The molecule has 3 rings (SSSR count). The second kappa shape index (κ2) is 7.95. The summed E-state index contributed by atoms with van der Waals surface area (Å²) < 4.78 is 13.0. The number of hydrogen-bond donors (Lipinski definition) is 2. The molecule has 1 aromatic heterocycles. The molecule has 0 radical (unpaired) electrons. The number of anilines is 2. The van der Waals surface area contributed by atoms with Gasteiger partial charge in [-0.3, -0.25) is 4.79 Å². The van der Waals surface area contributed by atoms with E-state index >= 15 is 0 Å². The summed E-state index contributed by atoms with van der Waals surface area (Å²) in [6.45, 7) is 6.11. The Kier molecular flexibility index (Phi) is 5.45. The van der Waals surface area contributed by atoms with Crippen LogP contribution in [0.3, 0.4) is 0 Å². The molecule has 0 aliphatic rings. The Balaban J connectivity index is 1.76. The summed E-state index contributed by atoms with van der Waals surface area (Å²) in [5, 5.41) is 6.01. The highest BCUT2D eigenvalue weighted by molar-refractivity contribution is 5.92.